The molecule has 8 nitrogen and oxygen atoms in total. The molecule has 0 aliphatic carbocycles. The van der Waals surface area contributed by atoms with Gasteiger partial charge in [-0.05, 0) is 40.5 Å². The highest BCUT2D eigenvalue weighted by atomic mass is 16.5. The molecule has 4 atom stereocenters. The van der Waals surface area contributed by atoms with Gasteiger partial charge in [-0.2, -0.15) is 0 Å². The van der Waals surface area contributed by atoms with Crippen LogP contribution in [-0.2, 0) is 28.5 Å². The molecule has 2 heterocycles. The zero-order valence-electron chi connectivity index (χ0n) is 18.9. The number of hydrogen-bond donors (Lipinski definition) is 0. The normalized spacial score (nSPS) is 28.5. The largest absolute Gasteiger partial charge is 0.462 e. The van der Waals surface area contributed by atoms with Crippen LogP contribution in [0.5, 0.6) is 0 Å². The average Bonchev–Trinajstić information content (AvgIpc) is 2.65. The van der Waals surface area contributed by atoms with Crippen molar-refractivity contribution in [1.29, 1.82) is 0 Å². The number of hydrogen-bond acceptors (Lipinski definition) is 8. The minimum absolute atomic E-state index is 0.228. The average molecular weight is 427 g/mol. The number of esters is 2. The molecule has 0 bridgehead atoms. The maximum Gasteiger partial charge on any atom is 0.331 e. The molecule has 0 aromatic rings. The van der Waals surface area contributed by atoms with Crippen LogP contribution < -0.4 is 0 Å². The van der Waals surface area contributed by atoms with Crippen LogP contribution in [-0.4, -0.2) is 98.6 Å². The molecule has 2 rings (SSSR count). The molecule has 2 saturated heterocycles. The predicted molar refractivity (Wildman–Crippen MR) is 113 cm³/mol. The van der Waals surface area contributed by atoms with Crippen molar-refractivity contribution < 1.29 is 28.5 Å². The maximum atomic E-state index is 11.7. The Balaban J connectivity index is 1.50. The van der Waals surface area contributed by atoms with E-state index in [4.69, 9.17) is 18.9 Å². The Labute approximate surface area is 180 Å². The zero-order valence-corrected chi connectivity index (χ0v) is 18.9. The Morgan fingerprint density at radius 3 is 1.40 bits per heavy atom. The van der Waals surface area contributed by atoms with E-state index in [9.17, 15) is 9.59 Å². The van der Waals surface area contributed by atoms with Gasteiger partial charge in [0, 0.05) is 51.4 Å². The van der Waals surface area contributed by atoms with E-state index in [1.165, 1.54) is 0 Å². The van der Waals surface area contributed by atoms with Gasteiger partial charge >= 0.3 is 11.9 Å². The molecule has 2 fully saturated rings. The van der Waals surface area contributed by atoms with E-state index >= 15 is 0 Å². The smallest absolute Gasteiger partial charge is 0.331 e. The van der Waals surface area contributed by atoms with Crippen LogP contribution in [0.1, 0.15) is 40.5 Å². The summed E-state index contributed by atoms with van der Waals surface area (Å²) in [5.41, 5.74) is 0. The second-order valence-electron chi connectivity index (χ2n) is 8.41. The number of carbonyl (C=O) groups excluding carboxylic acids is 2. The van der Waals surface area contributed by atoms with Crippen LogP contribution in [0.4, 0.5) is 0 Å². The number of carbonyl (C=O) groups is 2. The fourth-order valence-corrected chi connectivity index (χ4v) is 4.09. The third kappa shape index (κ3) is 10.0. The number of nitrogens with zero attached hydrogens (tertiary/aromatic N) is 2. The molecule has 0 aromatic heterocycles. The molecule has 0 aromatic carbocycles. The lowest BCUT2D eigenvalue weighted by Crippen LogP contribution is -2.45. The molecule has 0 radical (unpaired) electrons. The van der Waals surface area contributed by atoms with Crippen molar-refractivity contribution in [3.63, 3.8) is 0 Å². The molecule has 8 heteroatoms. The molecule has 4 unspecified atom stereocenters. The van der Waals surface area contributed by atoms with Gasteiger partial charge in [-0.3, -0.25) is 9.80 Å². The van der Waals surface area contributed by atoms with Crippen molar-refractivity contribution in [2.45, 2.75) is 65.0 Å². The van der Waals surface area contributed by atoms with Crippen molar-refractivity contribution in [2.75, 3.05) is 52.5 Å². The molecule has 172 valence electrons. The van der Waals surface area contributed by atoms with E-state index in [2.05, 4.69) is 37.5 Å². The van der Waals surface area contributed by atoms with E-state index in [0.717, 1.165) is 64.3 Å². The maximum absolute atomic E-state index is 11.7. The van der Waals surface area contributed by atoms with Crippen molar-refractivity contribution in [3.05, 3.63) is 12.2 Å². The van der Waals surface area contributed by atoms with Gasteiger partial charge in [-0.25, -0.2) is 9.59 Å². The van der Waals surface area contributed by atoms with E-state index in [0.29, 0.717) is 13.2 Å². The highest BCUT2D eigenvalue weighted by Crippen LogP contribution is 2.11. The lowest BCUT2D eigenvalue weighted by atomic mass is 10.2. The molecule has 2 aliphatic heterocycles. The van der Waals surface area contributed by atoms with E-state index in [1.54, 1.807) is 0 Å². The lowest BCUT2D eigenvalue weighted by molar-refractivity contribution is -0.140. The van der Waals surface area contributed by atoms with Gasteiger partial charge in [-0.15, -0.1) is 0 Å². The van der Waals surface area contributed by atoms with Gasteiger partial charge in [0.25, 0.3) is 0 Å². The van der Waals surface area contributed by atoms with Gasteiger partial charge in [-0.1, -0.05) is 0 Å². The molecule has 0 spiro atoms. The van der Waals surface area contributed by atoms with E-state index < -0.39 is 11.9 Å². The Kier molecular flexibility index (Phi) is 10.8. The van der Waals surface area contributed by atoms with Gasteiger partial charge in [0.1, 0.15) is 0 Å². The molecule has 0 N–H and O–H groups in total. The second kappa shape index (κ2) is 13.0. The number of rotatable bonds is 10. The summed E-state index contributed by atoms with van der Waals surface area (Å²) in [6, 6.07) is 0. The summed E-state index contributed by atoms with van der Waals surface area (Å²) in [5.74, 6) is -1.04. The topological polar surface area (TPSA) is 77.5 Å². The molecule has 0 amide bonds. The quantitative estimate of drug-likeness (QED) is 0.296. The van der Waals surface area contributed by atoms with E-state index in [-0.39, 0.29) is 24.4 Å². The summed E-state index contributed by atoms with van der Waals surface area (Å²) in [4.78, 5) is 28.1. The van der Waals surface area contributed by atoms with Gasteiger partial charge in [0.2, 0.25) is 0 Å². The fraction of sp³-hybridized carbons (Fsp3) is 0.818. The summed E-state index contributed by atoms with van der Waals surface area (Å²) < 4.78 is 21.7. The minimum Gasteiger partial charge on any atom is -0.462 e. The first kappa shape index (κ1) is 24.8. The third-order valence-corrected chi connectivity index (χ3v) is 5.07. The molecular formula is C22H38N2O6. The van der Waals surface area contributed by atoms with Crippen LogP contribution in [0.3, 0.4) is 0 Å². The Bertz CT molecular complexity index is 502. The first-order valence-corrected chi connectivity index (χ1v) is 11.1. The van der Waals surface area contributed by atoms with Crippen LogP contribution in [0.2, 0.25) is 0 Å². The zero-order chi connectivity index (χ0) is 21.9. The Morgan fingerprint density at radius 1 is 0.733 bits per heavy atom. The molecule has 2 aliphatic rings. The van der Waals surface area contributed by atoms with Gasteiger partial charge < -0.3 is 18.9 Å². The first-order chi connectivity index (χ1) is 14.3. The fourth-order valence-electron chi connectivity index (χ4n) is 4.09. The first-order valence-electron chi connectivity index (χ1n) is 11.1. The monoisotopic (exact) mass is 426 g/mol. The molecular weight excluding hydrogens is 388 g/mol. The predicted octanol–water partition coefficient (Wildman–Crippen LogP) is 1.63. The van der Waals surface area contributed by atoms with Crippen LogP contribution in [0.15, 0.2) is 12.2 Å². The second-order valence-corrected chi connectivity index (χ2v) is 8.41. The van der Waals surface area contributed by atoms with Crippen LogP contribution in [0, 0.1) is 0 Å². The van der Waals surface area contributed by atoms with Crippen molar-refractivity contribution in [2.24, 2.45) is 0 Å². The summed E-state index contributed by atoms with van der Waals surface area (Å²) >= 11 is 0. The van der Waals surface area contributed by atoms with Crippen molar-refractivity contribution >= 4 is 11.9 Å². The lowest BCUT2D eigenvalue weighted by Gasteiger charge is -2.35. The highest BCUT2D eigenvalue weighted by molar-refractivity contribution is 5.91. The molecule has 30 heavy (non-hydrogen) atoms. The SMILES string of the molecule is CC1CN(CCCOC(=O)/C=C/C(=O)OCCCN2CC(C)OC(C)C2)CC(C)O1. The van der Waals surface area contributed by atoms with Crippen molar-refractivity contribution in [3.8, 4) is 0 Å². The van der Waals surface area contributed by atoms with Gasteiger partial charge in [0.15, 0.2) is 0 Å². The standard InChI is InChI=1S/C22H38N2O6/c1-17-13-23(14-18(2)29-17)9-5-11-27-21(25)7-8-22(26)28-12-6-10-24-15-19(3)30-20(4)16-24/h7-8,17-20H,5-6,9-16H2,1-4H3/b8-7+. The number of ether oxygens (including phenoxy) is 4. The van der Waals surface area contributed by atoms with Crippen LogP contribution >= 0.6 is 0 Å². The minimum atomic E-state index is -0.521. The highest BCUT2D eigenvalue weighted by Gasteiger charge is 2.22. The number of morpholine rings is 2. The summed E-state index contributed by atoms with van der Waals surface area (Å²) in [6.07, 6.45) is 4.68. The summed E-state index contributed by atoms with van der Waals surface area (Å²) in [6.45, 7) is 14.2. The Morgan fingerprint density at radius 2 is 1.07 bits per heavy atom. The van der Waals surface area contributed by atoms with Crippen molar-refractivity contribution in [1.82, 2.24) is 9.80 Å². The summed E-state index contributed by atoms with van der Waals surface area (Å²) in [7, 11) is 0. The summed E-state index contributed by atoms with van der Waals surface area (Å²) in [5, 5.41) is 0. The van der Waals surface area contributed by atoms with Crippen LogP contribution in [0.25, 0.3) is 0 Å². The van der Waals surface area contributed by atoms with E-state index in [1.807, 2.05) is 0 Å². The Hall–Kier alpha value is -1.48. The third-order valence-electron chi connectivity index (χ3n) is 5.07. The van der Waals surface area contributed by atoms with Gasteiger partial charge in [0.05, 0.1) is 37.6 Å². The molecule has 0 saturated carbocycles.